The summed E-state index contributed by atoms with van der Waals surface area (Å²) in [5, 5.41) is 7.37. The average molecular weight is 372 g/mol. The number of carbonyl (C=O) groups excluding carboxylic acids is 1. The molecule has 1 amide bonds. The molecule has 2 aromatic rings. The summed E-state index contributed by atoms with van der Waals surface area (Å²) in [6.07, 6.45) is 6.01. The third-order valence-corrected chi connectivity index (χ3v) is 5.32. The van der Waals surface area contributed by atoms with Gasteiger partial charge in [0.05, 0.1) is 5.69 Å². The summed E-state index contributed by atoms with van der Waals surface area (Å²) < 4.78 is 6.71. The first-order valence-electron chi connectivity index (χ1n) is 9.61. The minimum Gasteiger partial charge on any atom is -0.466 e. The highest BCUT2D eigenvalue weighted by atomic mass is 16.3. The third kappa shape index (κ3) is 4.23. The molecule has 3 N–H and O–H groups in total. The molecule has 3 rings (SSSR count). The van der Waals surface area contributed by atoms with Gasteiger partial charge in [-0.1, -0.05) is 19.3 Å². The Morgan fingerprint density at radius 3 is 2.67 bits per heavy atom. The SMILES string of the molecule is Cc1cc(-c2cc(N)c(=O)n([C@@H](C)C(=O)NCC3CCCCC3)n2)c(C)o1. The Kier molecular flexibility index (Phi) is 5.68. The summed E-state index contributed by atoms with van der Waals surface area (Å²) in [6.45, 7) is 5.99. The standard InChI is InChI=1S/C20H28N4O3/c1-12-9-16(14(3)27-12)18-10-17(21)20(26)24(23-18)13(2)19(25)22-11-15-7-5-4-6-8-15/h9-10,13,15H,4-8,11,21H2,1-3H3,(H,22,25)/t13-/m0/s1. The molecule has 0 aliphatic heterocycles. The zero-order chi connectivity index (χ0) is 19.6. The fourth-order valence-electron chi connectivity index (χ4n) is 3.71. The van der Waals surface area contributed by atoms with E-state index in [9.17, 15) is 9.59 Å². The first kappa shape index (κ1) is 19.2. The van der Waals surface area contributed by atoms with Gasteiger partial charge in [-0.25, -0.2) is 4.68 Å². The average Bonchev–Trinajstić information content (AvgIpc) is 3.00. The van der Waals surface area contributed by atoms with Crippen molar-refractivity contribution in [2.24, 2.45) is 5.92 Å². The van der Waals surface area contributed by atoms with E-state index in [1.807, 2.05) is 19.9 Å². The van der Waals surface area contributed by atoms with Crippen LogP contribution in [0, 0.1) is 19.8 Å². The molecule has 0 radical (unpaired) electrons. The number of aromatic nitrogens is 2. The van der Waals surface area contributed by atoms with Gasteiger partial charge in [0.15, 0.2) is 0 Å². The highest BCUT2D eigenvalue weighted by Gasteiger charge is 2.22. The molecule has 1 aliphatic carbocycles. The molecule has 0 spiro atoms. The molecule has 7 heteroatoms. The molecule has 0 saturated heterocycles. The van der Waals surface area contributed by atoms with Crippen LogP contribution in [0.15, 0.2) is 21.3 Å². The lowest BCUT2D eigenvalue weighted by atomic mass is 9.89. The molecule has 1 atom stereocenters. The van der Waals surface area contributed by atoms with Gasteiger partial charge in [-0.15, -0.1) is 0 Å². The lowest BCUT2D eigenvalue weighted by Gasteiger charge is -2.23. The van der Waals surface area contributed by atoms with E-state index in [-0.39, 0.29) is 11.6 Å². The number of nitrogens with zero attached hydrogens (tertiary/aromatic N) is 2. The fraction of sp³-hybridized carbons (Fsp3) is 0.550. The second-order valence-corrected chi connectivity index (χ2v) is 7.49. The maximum Gasteiger partial charge on any atom is 0.290 e. The largest absolute Gasteiger partial charge is 0.466 e. The fourth-order valence-corrected chi connectivity index (χ4v) is 3.71. The van der Waals surface area contributed by atoms with E-state index in [0.29, 0.717) is 23.9 Å². The van der Waals surface area contributed by atoms with Crippen LogP contribution in [0.25, 0.3) is 11.3 Å². The molecule has 2 aromatic heterocycles. The van der Waals surface area contributed by atoms with Crippen LogP contribution in [0.2, 0.25) is 0 Å². The molecule has 27 heavy (non-hydrogen) atoms. The minimum atomic E-state index is -0.739. The summed E-state index contributed by atoms with van der Waals surface area (Å²) in [6, 6.07) is 2.64. The first-order chi connectivity index (χ1) is 12.9. The van der Waals surface area contributed by atoms with Crippen LogP contribution in [0.1, 0.15) is 56.6 Å². The van der Waals surface area contributed by atoms with Crippen molar-refractivity contribution < 1.29 is 9.21 Å². The van der Waals surface area contributed by atoms with Crippen LogP contribution in [-0.2, 0) is 4.79 Å². The van der Waals surface area contributed by atoms with Crippen LogP contribution >= 0.6 is 0 Å². The van der Waals surface area contributed by atoms with Gasteiger partial charge >= 0.3 is 0 Å². The summed E-state index contributed by atoms with van der Waals surface area (Å²) >= 11 is 0. The summed E-state index contributed by atoms with van der Waals surface area (Å²) in [7, 11) is 0. The van der Waals surface area contributed by atoms with Gasteiger partial charge in [0.2, 0.25) is 5.91 Å². The molecule has 146 valence electrons. The topological polar surface area (TPSA) is 103 Å². The van der Waals surface area contributed by atoms with Gasteiger partial charge in [-0.3, -0.25) is 9.59 Å². The smallest absolute Gasteiger partial charge is 0.290 e. The number of aryl methyl sites for hydroxylation is 2. The maximum absolute atomic E-state index is 12.6. The number of carbonyl (C=O) groups is 1. The van der Waals surface area contributed by atoms with Crippen molar-refractivity contribution in [2.75, 3.05) is 12.3 Å². The van der Waals surface area contributed by atoms with Gasteiger partial charge in [0.1, 0.15) is 23.2 Å². The van der Waals surface area contributed by atoms with E-state index >= 15 is 0 Å². The number of furan rings is 1. The van der Waals surface area contributed by atoms with Gasteiger partial charge < -0.3 is 15.5 Å². The minimum absolute atomic E-state index is 0.0604. The van der Waals surface area contributed by atoms with E-state index in [0.717, 1.165) is 24.2 Å². The van der Waals surface area contributed by atoms with Crippen molar-refractivity contribution in [2.45, 2.75) is 58.9 Å². The van der Waals surface area contributed by atoms with E-state index in [1.54, 1.807) is 6.92 Å². The summed E-state index contributed by atoms with van der Waals surface area (Å²) in [5.41, 5.74) is 6.80. The number of hydrogen-bond donors (Lipinski definition) is 2. The summed E-state index contributed by atoms with van der Waals surface area (Å²) in [5.74, 6) is 1.75. The Bertz CT molecular complexity index is 878. The zero-order valence-corrected chi connectivity index (χ0v) is 16.2. The number of nitrogen functional groups attached to an aromatic ring is 1. The Labute approximate surface area is 158 Å². The summed E-state index contributed by atoms with van der Waals surface area (Å²) in [4.78, 5) is 25.1. The Morgan fingerprint density at radius 2 is 2.04 bits per heavy atom. The van der Waals surface area contributed by atoms with Gasteiger partial charge in [-0.05, 0) is 51.7 Å². The normalized spacial score (nSPS) is 16.3. The van der Waals surface area contributed by atoms with Crippen molar-refractivity contribution in [3.05, 3.63) is 34.0 Å². The van der Waals surface area contributed by atoms with E-state index in [1.165, 1.54) is 30.0 Å². The lowest BCUT2D eigenvalue weighted by molar-refractivity contribution is -0.124. The molecular formula is C20H28N4O3. The molecule has 7 nitrogen and oxygen atoms in total. The van der Waals surface area contributed by atoms with E-state index in [4.69, 9.17) is 10.2 Å². The first-order valence-corrected chi connectivity index (χ1v) is 9.61. The van der Waals surface area contributed by atoms with E-state index < -0.39 is 11.6 Å². The van der Waals surface area contributed by atoms with Crippen LogP contribution in [0.5, 0.6) is 0 Å². The molecule has 1 fully saturated rings. The monoisotopic (exact) mass is 372 g/mol. The quantitative estimate of drug-likeness (QED) is 0.840. The second-order valence-electron chi connectivity index (χ2n) is 7.49. The Morgan fingerprint density at radius 1 is 1.33 bits per heavy atom. The number of amides is 1. The maximum atomic E-state index is 12.6. The highest BCUT2D eigenvalue weighted by Crippen LogP contribution is 2.26. The number of nitrogens with one attached hydrogen (secondary N) is 1. The number of hydrogen-bond acceptors (Lipinski definition) is 5. The predicted octanol–water partition coefficient (Wildman–Crippen LogP) is 2.96. The van der Waals surface area contributed by atoms with Gasteiger partial charge in [-0.2, -0.15) is 5.10 Å². The number of rotatable bonds is 5. The molecule has 1 saturated carbocycles. The van der Waals surface area contributed by atoms with Crippen LogP contribution in [0.4, 0.5) is 5.69 Å². The second kappa shape index (κ2) is 7.98. The van der Waals surface area contributed by atoms with Crippen LogP contribution in [0.3, 0.4) is 0 Å². The van der Waals surface area contributed by atoms with Crippen LogP contribution < -0.4 is 16.6 Å². The molecule has 0 aromatic carbocycles. The van der Waals surface area contributed by atoms with Crippen molar-refractivity contribution in [1.82, 2.24) is 15.1 Å². The molecule has 0 bridgehead atoms. The highest BCUT2D eigenvalue weighted by molar-refractivity contribution is 5.80. The van der Waals surface area contributed by atoms with Crippen molar-refractivity contribution in [3.8, 4) is 11.3 Å². The lowest BCUT2D eigenvalue weighted by Crippen LogP contribution is -2.39. The Balaban J connectivity index is 1.81. The number of anilines is 1. The third-order valence-electron chi connectivity index (χ3n) is 5.32. The van der Waals surface area contributed by atoms with Crippen LogP contribution in [-0.4, -0.2) is 22.2 Å². The predicted molar refractivity (Wildman–Crippen MR) is 104 cm³/mol. The number of nitrogens with two attached hydrogens (primary N) is 1. The molecule has 1 aliphatic rings. The zero-order valence-electron chi connectivity index (χ0n) is 16.2. The van der Waals surface area contributed by atoms with Crippen molar-refractivity contribution >= 4 is 11.6 Å². The van der Waals surface area contributed by atoms with E-state index in [2.05, 4.69) is 10.4 Å². The molecular weight excluding hydrogens is 344 g/mol. The molecule has 0 unspecified atom stereocenters. The Hall–Kier alpha value is -2.57. The van der Waals surface area contributed by atoms with Gasteiger partial charge in [0.25, 0.3) is 5.56 Å². The van der Waals surface area contributed by atoms with Gasteiger partial charge in [0, 0.05) is 12.1 Å². The van der Waals surface area contributed by atoms with Crippen molar-refractivity contribution in [3.63, 3.8) is 0 Å². The van der Waals surface area contributed by atoms with Crippen molar-refractivity contribution in [1.29, 1.82) is 0 Å². The molecule has 2 heterocycles.